The second kappa shape index (κ2) is 8.06. The molecule has 0 spiro atoms. The maximum Gasteiger partial charge on any atom is 0.226 e. The third-order valence-electron chi connectivity index (χ3n) is 4.67. The summed E-state index contributed by atoms with van der Waals surface area (Å²) >= 11 is 12.1. The van der Waals surface area contributed by atoms with Gasteiger partial charge in [0.1, 0.15) is 0 Å². The van der Waals surface area contributed by atoms with Crippen LogP contribution in [0.1, 0.15) is 44.1 Å². The molecular formula is C17H23Cl3N2O. The maximum absolute atomic E-state index is 12.9. The van der Waals surface area contributed by atoms with Crippen LogP contribution < -0.4 is 5.73 Å². The van der Waals surface area contributed by atoms with E-state index in [4.69, 9.17) is 28.9 Å². The van der Waals surface area contributed by atoms with E-state index < -0.39 is 0 Å². The molecule has 1 aromatic rings. The first-order valence-corrected chi connectivity index (χ1v) is 8.80. The Bertz CT molecular complexity index is 563. The van der Waals surface area contributed by atoms with E-state index >= 15 is 0 Å². The molecule has 2 atom stereocenters. The van der Waals surface area contributed by atoms with Gasteiger partial charge in [0.2, 0.25) is 5.91 Å². The second-order valence-electron chi connectivity index (χ2n) is 6.57. The Labute approximate surface area is 153 Å². The highest BCUT2D eigenvalue weighted by atomic mass is 35.5. The van der Waals surface area contributed by atoms with Crippen molar-refractivity contribution >= 4 is 41.5 Å². The van der Waals surface area contributed by atoms with Crippen molar-refractivity contribution in [2.45, 2.75) is 57.2 Å². The Morgan fingerprint density at radius 2 is 1.91 bits per heavy atom. The number of nitrogens with two attached hydrogens (primary N) is 1. The van der Waals surface area contributed by atoms with E-state index in [0.717, 1.165) is 44.1 Å². The SMILES string of the molecule is Cl.NC1CCCC(C(=O)N(Cc2ccc(Cl)c(Cl)c2)C2CC2)C1. The van der Waals surface area contributed by atoms with Crippen molar-refractivity contribution in [1.82, 2.24) is 4.90 Å². The second-order valence-corrected chi connectivity index (χ2v) is 7.38. The van der Waals surface area contributed by atoms with Crippen molar-refractivity contribution in [3.05, 3.63) is 33.8 Å². The minimum Gasteiger partial charge on any atom is -0.335 e. The molecule has 1 amide bonds. The van der Waals surface area contributed by atoms with E-state index in [1.165, 1.54) is 0 Å². The molecule has 0 bridgehead atoms. The Hall–Kier alpha value is -0.480. The van der Waals surface area contributed by atoms with Crippen LogP contribution in [-0.2, 0) is 11.3 Å². The zero-order chi connectivity index (χ0) is 15.7. The summed E-state index contributed by atoms with van der Waals surface area (Å²) in [5.74, 6) is 0.357. The van der Waals surface area contributed by atoms with Crippen LogP contribution >= 0.6 is 35.6 Å². The number of amides is 1. The van der Waals surface area contributed by atoms with E-state index in [1.54, 1.807) is 6.07 Å². The van der Waals surface area contributed by atoms with Gasteiger partial charge in [0.25, 0.3) is 0 Å². The number of nitrogens with zero attached hydrogens (tertiary/aromatic N) is 1. The van der Waals surface area contributed by atoms with Crippen LogP contribution in [0.3, 0.4) is 0 Å². The van der Waals surface area contributed by atoms with Crippen LogP contribution in [-0.4, -0.2) is 22.9 Å². The molecule has 3 rings (SSSR count). The van der Waals surface area contributed by atoms with Crippen LogP contribution in [0, 0.1) is 5.92 Å². The standard InChI is InChI=1S/C17H22Cl2N2O.ClH/c18-15-7-4-11(8-16(15)19)10-21(14-5-6-14)17(22)12-2-1-3-13(20)9-12;/h4,7-8,12-14H,1-3,5-6,9-10,20H2;1H. The Morgan fingerprint density at radius 3 is 2.52 bits per heavy atom. The molecule has 2 fully saturated rings. The first-order valence-electron chi connectivity index (χ1n) is 8.04. The van der Waals surface area contributed by atoms with E-state index in [9.17, 15) is 4.79 Å². The normalized spacial score (nSPS) is 24.0. The molecular weight excluding hydrogens is 355 g/mol. The van der Waals surface area contributed by atoms with Gasteiger partial charge in [-0.25, -0.2) is 0 Å². The third kappa shape index (κ3) is 4.76. The molecule has 2 saturated carbocycles. The summed E-state index contributed by atoms with van der Waals surface area (Å²) in [6, 6.07) is 6.17. The van der Waals surface area contributed by atoms with E-state index in [1.807, 2.05) is 17.0 Å². The minimum absolute atomic E-state index is 0. The summed E-state index contributed by atoms with van der Waals surface area (Å²) in [4.78, 5) is 14.9. The molecule has 0 aliphatic heterocycles. The first-order chi connectivity index (χ1) is 10.5. The predicted octanol–water partition coefficient (Wildman–Crippen LogP) is 4.42. The number of carbonyl (C=O) groups is 1. The first kappa shape index (κ1) is 18.9. The van der Waals surface area contributed by atoms with E-state index in [0.29, 0.717) is 22.6 Å². The van der Waals surface area contributed by atoms with Crippen molar-refractivity contribution in [2.24, 2.45) is 11.7 Å². The van der Waals surface area contributed by atoms with Gasteiger partial charge in [0, 0.05) is 24.5 Å². The fourth-order valence-corrected chi connectivity index (χ4v) is 3.61. The summed E-state index contributed by atoms with van der Waals surface area (Å²) < 4.78 is 0. The topological polar surface area (TPSA) is 46.3 Å². The van der Waals surface area contributed by atoms with Crippen LogP contribution in [0.5, 0.6) is 0 Å². The highest BCUT2D eigenvalue weighted by molar-refractivity contribution is 6.42. The molecule has 1 aromatic carbocycles. The zero-order valence-electron chi connectivity index (χ0n) is 13.0. The van der Waals surface area contributed by atoms with Crippen LogP contribution in [0.2, 0.25) is 10.0 Å². The lowest BCUT2D eigenvalue weighted by atomic mass is 9.85. The van der Waals surface area contributed by atoms with Gasteiger partial charge < -0.3 is 10.6 Å². The van der Waals surface area contributed by atoms with Gasteiger partial charge in [-0.1, -0.05) is 35.7 Å². The lowest BCUT2D eigenvalue weighted by Gasteiger charge is -2.31. The molecule has 6 heteroatoms. The van der Waals surface area contributed by atoms with Crippen molar-refractivity contribution in [3.8, 4) is 0 Å². The molecule has 0 aromatic heterocycles. The van der Waals surface area contributed by atoms with Gasteiger partial charge in [0.15, 0.2) is 0 Å². The van der Waals surface area contributed by atoms with Gasteiger partial charge in [-0.3, -0.25) is 4.79 Å². The fourth-order valence-electron chi connectivity index (χ4n) is 3.29. The highest BCUT2D eigenvalue weighted by Crippen LogP contribution is 2.34. The van der Waals surface area contributed by atoms with Gasteiger partial charge in [0.05, 0.1) is 10.0 Å². The Kier molecular flexibility index (Phi) is 6.61. The Balaban J connectivity index is 0.00000192. The molecule has 0 heterocycles. The highest BCUT2D eigenvalue weighted by Gasteiger charge is 2.37. The van der Waals surface area contributed by atoms with Crippen molar-refractivity contribution in [3.63, 3.8) is 0 Å². The molecule has 2 aliphatic carbocycles. The van der Waals surface area contributed by atoms with Crippen LogP contribution in [0.15, 0.2) is 18.2 Å². The van der Waals surface area contributed by atoms with Crippen molar-refractivity contribution in [2.75, 3.05) is 0 Å². The molecule has 2 aliphatic rings. The molecule has 3 nitrogen and oxygen atoms in total. The van der Waals surface area contributed by atoms with Crippen LogP contribution in [0.4, 0.5) is 0 Å². The molecule has 23 heavy (non-hydrogen) atoms. The predicted molar refractivity (Wildman–Crippen MR) is 97.2 cm³/mol. The number of carbonyl (C=O) groups excluding carboxylic acids is 1. The van der Waals surface area contributed by atoms with Gasteiger partial charge >= 0.3 is 0 Å². The summed E-state index contributed by atoms with van der Waals surface area (Å²) in [5, 5.41) is 1.09. The average Bonchev–Trinajstić information content (AvgIpc) is 3.32. The molecule has 2 N–H and O–H groups in total. The monoisotopic (exact) mass is 376 g/mol. The van der Waals surface area contributed by atoms with Gasteiger partial charge in [-0.05, 0) is 49.8 Å². The quantitative estimate of drug-likeness (QED) is 0.844. The van der Waals surface area contributed by atoms with Gasteiger partial charge in [-0.2, -0.15) is 0 Å². The zero-order valence-corrected chi connectivity index (χ0v) is 15.3. The van der Waals surface area contributed by atoms with Crippen molar-refractivity contribution < 1.29 is 4.79 Å². The molecule has 0 radical (unpaired) electrons. The summed E-state index contributed by atoms with van der Waals surface area (Å²) in [6.45, 7) is 0.617. The maximum atomic E-state index is 12.9. The number of rotatable bonds is 4. The number of benzene rings is 1. The van der Waals surface area contributed by atoms with E-state index in [-0.39, 0.29) is 30.3 Å². The van der Waals surface area contributed by atoms with Crippen molar-refractivity contribution in [1.29, 1.82) is 0 Å². The van der Waals surface area contributed by atoms with Crippen LogP contribution in [0.25, 0.3) is 0 Å². The minimum atomic E-state index is 0. The summed E-state index contributed by atoms with van der Waals surface area (Å²) in [6.07, 6.45) is 6.10. The molecule has 2 unspecified atom stereocenters. The number of hydrogen-bond acceptors (Lipinski definition) is 2. The molecule has 0 saturated heterocycles. The number of halogens is 3. The molecule has 128 valence electrons. The third-order valence-corrected chi connectivity index (χ3v) is 5.41. The fraction of sp³-hybridized carbons (Fsp3) is 0.588. The average molecular weight is 378 g/mol. The largest absolute Gasteiger partial charge is 0.335 e. The lowest BCUT2D eigenvalue weighted by molar-refractivity contribution is -0.138. The smallest absolute Gasteiger partial charge is 0.226 e. The van der Waals surface area contributed by atoms with E-state index in [2.05, 4.69) is 0 Å². The van der Waals surface area contributed by atoms with Gasteiger partial charge in [-0.15, -0.1) is 12.4 Å². The number of hydrogen-bond donors (Lipinski definition) is 1. The lowest BCUT2D eigenvalue weighted by Crippen LogP contribution is -2.41. The summed E-state index contributed by atoms with van der Waals surface area (Å²) in [5.41, 5.74) is 7.08. The summed E-state index contributed by atoms with van der Waals surface area (Å²) in [7, 11) is 0. The Morgan fingerprint density at radius 1 is 1.17 bits per heavy atom.